The molecule has 1 aromatic rings. The monoisotopic (exact) mass is 686 g/mol. The van der Waals surface area contributed by atoms with Crippen molar-refractivity contribution >= 4 is 45.2 Å². The molecule has 0 bridgehead atoms. The van der Waals surface area contributed by atoms with Gasteiger partial charge in [-0.15, -0.1) is 0 Å². The van der Waals surface area contributed by atoms with Crippen molar-refractivity contribution in [3.8, 4) is 11.5 Å². The Kier molecular flexibility index (Phi) is 12.0. The Labute approximate surface area is 272 Å². The van der Waals surface area contributed by atoms with Gasteiger partial charge < -0.3 is 18.6 Å². The van der Waals surface area contributed by atoms with Crippen LogP contribution in [-0.2, 0) is 18.9 Å². The van der Waals surface area contributed by atoms with Crippen molar-refractivity contribution in [3.05, 3.63) is 23.3 Å². The lowest BCUT2D eigenvalue weighted by atomic mass is 10.1. The minimum absolute atomic E-state index is 0.129. The summed E-state index contributed by atoms with van der Waals surface area (Å²) in [6, 6.07) is 3.09. The fraction of sp³-hybridized carbons (Fsp3) is 0.750. The number of benzene rings is 1. The predicted octanol–water partition coefficient (Wildman–Crippen LogP) is 10.6. The summed E-state index contributed by atoms with van der Waals surface area (Å²) in [5.74, 6) is -0.966. The van der Waals surface area contributed by atoms with Gasteiger partial charge in [0.15, 0.2) is 0 Å². The summed E-state index contributed by atoms with van der Waals surface area (Å²) in [5.41, 5.74) is 0.258. The summed E-state index contributed by atoms with van der Waals surface area (Å²) in [6.07, 6.45) is 0. The maximum Gasteiger partial charge on any atom is 0.375 e. The average molecular weight is 687 g/mol. The largest absolute Gasteiger partial charge is 0.543 e. The Morgan fingerprint density at radius 2 is 0.682 bits per heavy atom. The molecule has 1 rings (SSSR count). The highest BCUT2D eigenvalue weighted by Crippen LogP contribution is 2.44. The number of carbonyl (C=O) groups is 2. The van der Waals surface area contributed by atoms with E-state index in [1.165, 1.54) is 0 Å². The van der Waals surface area contributed by atoms with Crippen LogP contribution in [0.3, 0.4) is 0 Å². The quantitative estimate of drug-likeness (QED) is 0.136. The zero-order chi connectivity index (χ0) is 35.1. The fourth-order valence-corrected chi connectivity index (χ4v) is 5.65. The highest BCUT2D eigenvalue weighted by Gasteiger charge is 2.45. The second-order valence-electron chi connectivity index (χ2n) is 18.0. The molecule has 254 valence electrons. The van der Waals surface area contributed by atoms with Crippen LogP contribution >= 0.6 is 0 Å². The Morgan fingerprint density at radius 3 is 0.886 bits per heavy atom. The van der Waals surface area contributed by atoms with Crippen LogP contribution in [0.4, 0.5) is 0 Å². The molecule has 44 heavy (non-hydrogen) atoms. The second kappa shape index (κ2) is 13.0. The van der Waals surface area contributed by atoms with Crippen molar-refractivity contribution in [2.45, 2.75) is 156 Å². The number of hydrogen-bond acceptors (Lipinski definition) is 8. The summed E-state index contributed by atoms with van der Waals surface area (Å²) in [7, 11) is -9.83. The van der Waals surface area contributed by atoms with Gasteiger partial charge in [-0.1, -0.05) is 83.1 Å². The molecular formula is C32H62O8Si4. The maximum absolute atomic E-state index is 13.8. The Bertz CT molecular complexity index is 1100. The van der Waals surface area contributed by atoms with Gasteiger partial charge in [0.25, 0.3) is 33.3 Å². The first-order chi connectivity index (χ1) is 19.2. The molecule has 0 aliphatic carbocycles. The number of rotatable bonds is 10. The zero-order valence-corrected chi connectivity index (χ0v) is 35.4. The van der Waals surface area contributed by atoms with Crippen LogP contribution in [-0.4, -0.2) is 45.2 Å². The summed E-state index contributed by atoms with van der Waals surface area (Å²) in [5, 5.41) is -0.729. The lowest BCUT2D eigenvalue weighted by Gasteiger charge is -2.38. The van der Waals surface area contributed by atoms with Gasteiger partial charge in [-0.3, -0.25) is 0 Å². The van der Waals surface area contributed by atoms with Crippen molar-refractivity contribution in [3.63, 3.8) is 0 Å². The van der Waals surface area contributed by atoms with Crippen LogP contribution in [0.25, 0.3) is 0 Å². The average Bonchev–Trinajstić information content (AvgIpc) is 2.78. The molecule has 0 saturated carbocycles. The third-order valence-electron chi connectivity index (χ3n) is 10.1. The maximum atomic E-state index is 13.8. The zero-order valence-electron chi connectivity index (χ0n) is 31.4. The molecule has 12 heteroatoms. The second-order valence-corrected chi connectivity index (χ2v) is 36.8. The summed E-state index contributed by atoms with van der Waals surface area (Å²) >= 11 is 0. The minimum Gasteiger partial charge on any atom is -0.543 e. The first-order valence-corrected chi connectivity index (χ1v) is 27.2. The van der Waals surface area contributed by atoms with Crippen LogP contribution in [0.5, 0.6) is 11.5 Å². The molecule has 0 N–H and O–H groups in total. The molecule has 0 amide bonds. The van der Waals surface area contributed by atoms with E-state index in [1.54, 1.807) is 12.1 Å². The fourth-order valence-electron chi connectivity index (χ4n) is 2.53. The van der Waals surface area contributed by atoms with E-state index in [-0.39, 0.29) is 42.8 Å². The van der Waals surface area contributed by atoms with Crippen molar-refractivity contribution in [2.24, 2.45) is 0 Å². The van der Waals surface area contributed by atoms with Crippen molar-refractivity contribution in [2.75, 3.05) is 0 Å². The molecule has 0 heterocycles. The summed E-state index contributed by atoms with van der Waals surface area (Å²) in [6.45, 7) is 41.3. The molecule has 0 atom stereocenters. The topological polar surface area (TPSA) is 89.5 Å². The SMILES string of the molecule is CC(C)(C)[Si](C)(C)OOC(=O)c1cc(O[Si](C)(C)C(C)(C)C)c(C(=O)OO[Si](C)(C)C(C)(C)C)cc1O[Si](C)(C)C(C)(C)C. The number of carbonyl (C=O) groups excluding carboxylic acids is 2. The molecule has 0 aliphatic heterocycles. The van der Waals surface area contributed by atoms with Crippen LogP contribution in [0.15, 0.2) is 12.1 Å². The van der Waals surface area contributed by atoms with Crippen LogP contribution in [0.2, 0.25) is 72.5 Å². The van der Waals surface area contributed by atoms with Gasteiger partial charge in [0.2, 0.25) is 0 Å². The molecule has 0 saturated heterocycles. The van der Waals surface area contributed by atoms with E-state index in [9.17, 15) is 9.59 Å². The Hall–Kier alpha value is -1.45. The first-order valence-electron chi connectivity index (χ1n) is 15.5. The van der Waals surface area contributed by atoms with Gasteiger partial charge in [-0.05, 0) is 84.7 Å². The van der Waals surface area contributed by atoms with E-state index < -0.39 is 45.2 Å². The lowest BCUT2D eigenvalue weighted by Crippen LogP contribution is -2.45. The molecule has 1 aromatic carbocycles. The predicted molar refractivity (Wildman–Crippen MR) is 189 cm³/mol. The van der Waals surface area contributed by atoms with Gasteiger partial charge in [-0.25, -0.2) is 18.7 Å². The van der Waals surface area contributed by atoms with E-state index in [0.29, 0.717) is 0 Å². The highest BCUT2D eigenvalue weighted by atomic mass is 28.4. The summed E-state index contributed by atoms with van der Waals surface area (Å²) in [4.78, 5) is 38.6. The third kappa shape index (κ3) is 9.77. The van der Waals surface area contributed by atoms with E-state index in [2.05, 4.69) is 109 Å². The standard InChI is InChI=1S/C32H62O8Si4/c1-29(2,3)41(13,14)37-25-21-24(28(34)36-40-44(19,20)32(10,11)12)26(38-42(15,16)30(4,5)6)22-23(25)27(33)35-39-43(17,18)31(7,8)9/h21-22H,1-20H3. The smallest absolute Gasteiger partial charge is 0.375 e. The molecule has 0 unspecified atom stereocenters. The van der Waals surface area contributed by atoms with E-state index in [1.807, 2.05) is 26.2 Å². The normalized spacial score (nSPS) is 14.3. The lowest BCUT2D eigenvalue weighted by molar-refractivity contribution is -0.163. The molecular weight excluding hydrogens is 625 g/mol. The van der Waals surface area contributed by atoms with Crippen molar-refractivity contribution < 1.29 is 37.4 Å². The Morgan fingerprint density at radius 1 is 0.455 bits per heavy atom. The third-order valence-corrected chi connectivity index (χ3v) is 27.0. The van der Waals surface area contributed by atoms with Crippen LogP contribution in [0, 0.1) is 0 Å². The van der Waals surface area contributed by atoms with Crippen molar-refractivity contribution in [1.82, 2.24) is 0 Å². The van der Waals surface area contributed by atoms with E-state index >= 15 is 0 Å². The molecule has 0 radical (unpaired) electrons. The van der Waals surface area contributed by atoms with Gasteiger partial charge in [-0.2, -0.15) is 0 Å². The molecule has 8 nitrogen and oxygen atoms in total. The van der Waals surface area contributed by atoms with Gasteiger partial charge in [0, 0.05) is 0 Å². The van der Waals surface area contributed by atoms with E-state index in [4.69, 9.17) is 27.8 Å². The van der Waals surface area contributed by atoms with Gasteiger partial charge in [0.05, 0.1) is 0 Å². The Balaban J connectivity index is 3.91. The van der Waals surface area contributed by atoms with Crippen molar-refractivity contribution in [1.29, 1.82) is 0 Å². The minimum atomic E-state index is -2.49. The van der Waals surface area contributed by atoms with Gasteiger partial charge >= 0.3 is 11.9 Å². The number of hydrogen-bond donors (Lipinski definition) is 0. The molecule has 0 spiro atoms. The summed E-state index contributed by atoms with van der Waals surface area (Å²) < 4.78 is 25.0. The van der Waals surface area contributed by atoms with E-state index in [0.717, 1.165) is 0 Å². The van der Waals surface area contributed by atoms with Crippen LogP contribution < -0.4 is 8.85 Å². The van der Waals surface area contributed by atoms with Crippen LogP contribution in [0.1, 0.15) is 104 Å². The molecule has 0 aromatic heterocycles. The molecule has 0 aliphatic rings. The molecule has 0 fully saturated rings. The van der Waals surface area contributed by atoms with Gasteiger partial charge in [0.1, 0.15) is 22.6 Å². The first kappa shape index (κ1) is 40.6. The highest BCUT2D eigenvalue weighted by molar-refractivity contribution is 6.75.